The van der Waals surface area contributed by atoms with Crippen LogP contribution in [0.2, 0.25) is 0 Å². The monoisotopic (exact) mass is 304 g/mol. The Morgan fingerprint density at radius 1 is 1.23 bits per heavy atom. The van der Waals surface area contributed by atoms with Crippen molar-refractivity contribution >= 4 is 5.91 Å². The van der Waals surface area contributed by atoms with E-state index >= 15 is 0 Å². The second-order valence-electron chi connectivity index (χ2n) is 6.83. The summed E-state index contributed by atoms with van der Waals surface area (Å²) < 4.78 is 5.67. The zero-order valence-corrected chi connectivity index (χ0v) is 13.9. The van der Waals surface area contributed by atoms with Gasteiger partial charge in [-0.25, -0.2) is 0 Å². The number of nitrogens with two attached hydrogens (primary N) is 1. The van der Waals surface area contributed by atoms with Gasteiger partial charge in [-0.3, -0.25) is 4.79 Å². The molecule has 0 saturated heterocycles. The molecule has 4 nitrogen and oxygen atoms in total. The summed E-state index contributed by atoms with van der Waals surface area (Å²) in [5, 5.41) is 3.04. The summed E-state index contributed by atoms with van der Waals surface area (Å²) in [4.78, 5) is 12.3. The molecule has 1 saturated carbocycles. The maximum Gasteiger partial charge on any atom is 0.240 e. The lowest BCUT2D eigenvalue weighted by Gasteiger charge is -2.25. The first-order valence-electron chi connectivity index (χ1n) is 8.23. The van der Waals surface area contributed by atoms with Gasteiger partial charge in [-0.05, 0) is 43.4 Å². The van der Waals surface area contributed by atoms with E-state index in [-0.39, 0.29) is 11.9 Å². The first-order valence-corrected chi connectivity index (χ1v) is 8.23. The van der Waals surface area contributed by atoms with Crippen LogP contribution >= 0.6 is 0 Å². The predicted octanol–water partition coefficient (Wildman–Crippen LogP) is 3.17. The minimum absolute atomic E-state index is 0.0300. The Labute approximate surface area is 133 Å². The molecular weight excluding hydrogens is 276 g/mol. The van der Waals surface area contributed by atoms with E-state index < -0.39 is 5.54 Å². The van der Waals surface area contributed by atoms with Crippen LogP contribution in [0.15, 0.2) is 24.3 Å². The van der Waals surface area contributed by atoms with Crippen LogP contribution in [0.5, 0.6) is 5.75 Å². The molecule has 1 atom stereocenters. The second-order valence-corrected chi connectivity index (χ2v) is 6.83. The normalized spacial score (nSPS) is 18.2. The minimum atomic E-state index is -0.672. The van der Waals surface area contributed by atoms with Crippen LogP contribution in [0.25, 0.3) is 0 Å². The van der Waals surface area contributed by atoms with E-state index in [9.17, 15) is 4.79 Å². The molecule has 1 aliphatic carbocycles. The fraction of sp³-hybridized carbons (Fsp3) is 0.611. The zero-order valence-electron chi connectivity index (χ0n) is 13.9. The summed E-state index contributed by atoms with van der Waals surface area (Å²) in [5.74, 6) is 1.34. The van der Waals surface area contributed by atoms with Gasteiger partial charge in [0.25, 0.3) is 0 Å². The van der Waals surface area contributed by atoms with E-state index in [0.29, 0.717) is 12.5 Å². The number of benzene rings is 1. The molecule has 1 aliphatic rings. The van der Waals surface area contributed by atoms with E-state index in [2.05, 4.69) is 19.2 Å². The van der Waals surface area contributed by atoms with Crippen molar-refractivity contribution in [2.75, 3.05) is 6.61 Å². The number of carbonyl (C=O) groups is 1. The number of nitrogens with one attached hydrogen (secondary N) is 1. The molecule has 1 aromatic carbocycles. The fourth-order valence-electron chi connectivity index (χ4n) is 2.77. The predicted molar refractivity (Wildman–Crippen MR) is 88.7 cm³/mol. The Morgan fingerprint density at radius 3 is 2.36 bits per heavy atom. The molecule has 1 fully saturated rings. The molecule has 1 amide bonds. The molecule has 4 heteroatoms. The molecular formula is C18H28N2O2. The number of carbonyl (C=O) groups excluding carboxylic acids is 1. The lowest BCUT2D eigenvalue weighted by molar-refractivity contribution is -0.126. The van der Waals surface area contributed by atoms with E-state index in [1.165, 1.54) is 0 Å². The minimum Gasteiger partial charge on any atom is -0.493 e. The Bertz CT molecular complexity index is 490. The number of hydrogen-bond acceptors (Lipinski definition) is 3. The smallest absolute Gasteiger partial charge is 0.240 e. The quantitative estimate of drug-likeness (QED) is 0.848. The summed E-state index contributed by atoms with van der Waals surface area (Å²) in [6.07, 6.45) is 3.65. The van der Waals surface area contributed by atoms with Crippen molar-refractivity contribution in [2.45, 2.75) is 58.0 Å². The van der Waals surface area contributed by atoms with E-state index in [4.69, 9.17) is 10.5 Å². The van der Waals surface area contributed by atoms with Crippen LogP contribution in [0.1, 0.15) is 58.1 Å². The molecule has 0 heterocycles. The average molecular weight is 304 g/mol. The van der Waals surface area contributed by atoms with Crippen LogP contribution in [-0.4, -0.2) is 18.1 Å². The van der Waals surface area contributed by atoms with Gasteiger partial charge in [-0.15, -0.1) is 0 Å². The summed E-state index contributed by atoms with van der Waals surface area (Å²) in [6.45, 7) is 6.94. The van der Waals surface area contributed by atoms with Gasteiger partial charge in [0.2, 0.25) is 5.91 Å². The van der Waals surface area contributed by atoms with Crippen molar-refractivity contribution in [3.63, 3.8) is 0 Å². The van der Waals surface area contributed by atoms with Crippen molar-refractivity contribution < 1.29 is 9.53 Å². The summed E-state index contributed by atoms with van der Waals surface area (Å²) in [7, 11) is 0. The molecule has 3 N–H and O–H groups in total. The first kappa shape index (κ1) is 16.8. The Hall–Kier alpha value is -1.55. The van der Waals surface area contributed by atoms with Crippen LogP contribution in [0.3, 0.4) is 0 Å². The molecule has 1 aromatic rings. The van der Waals surface area contributed by atoms with E-state index in [1.54, 1.807) is 0 Å². The summed E-state index contributed by atoms with van der Waals surface area (Å²) in [5.41, 5.74) is 6.58. The molecule has 0 spiro atoms. The zero-order chi connectivity index (χ0) is 16.2. The average Bonchev–Trinajstić information content (AvgIpc) is 2.93. The van der Waals surface area contributed by atoms with Crippen molar-refractivity contribution in [2.24, 2.45) is 11.7 Å². The highest BCUT2D eigenvalue weighted by Gasteiger charge is 2.37. The van der Waals surface area contributed by atoms with Crippen molar-refractivity contribution in [3.05, 3.63) is 29.8 Å². The molecule has 0 bridgehead atoms. The maximum atomic E-state index is 12.3. The van der Waals surface area contributed by atoms with Crippen molar-refractivity contribution in [1.82, 2.24) is 5.32 Å². The van der Waals surface area contributed by atoms with E-state index in [0.717, 1.165) is 37.0 Å². The maximum absolute atomic E-state index is 12.3. The Kier molecular flexibility index (Phi) is 5.46. The fourth-order valence-corrected chi connectivity index (χ4v) is 2.77. The van der Waals surface area contributed by atoms with Crippen LogP contribution in [-0.2, 0) is 4.79 Å². The van der Waals surface area contributed by atoms with Crippen molar-refractivity contribution in [1.29, 1.82) is 0 Å². The lowest BCUT2D eigenvalue weighted by Crippen LogP contribution is -2.52. The largest absolute Gasteiger partial charge is 0.493 e. The van der Waals surface area contributed by atoms with Gasteiger partial charge in [-0.2, -0.15) is 0 Å². The van der Waals surface area contributed by atoms with Gasteiger partial charge in [0.05, 0.1) is 18.2 Å². The van der Waals surface area contributed by atoms with Crippen molar-refractivity contribution in [3.8, 4) is 5.75 Å². The number of rotatable bonds is 6. The molecule has 0 aromatic heterocycles. The lowest BCUT2D eigenvalue weighted by atomic mass is 9.97. The summed E-state index contributed by atoms with van der Waals surface area (Å²) >= 11 is 0. The molecule has 1 unspecified atom stereocenters. The van der Waals surface area contributed by atoms with Gasteiger partial charge in [0.15, 0.2) is 0 Å². The SMILES string of the molecule is CC(C)COc1ccc(C(C)NC(=O)C2(N)CCCC2)cc1. The topological polar surface area (TPSA) is 64.3 Å². The molecule has 0 aliphatic heterocycles. The van der Waals surface area contributed by atoms with Crippen LogP contribution in [0.4, 0.5) is 0 Å². The second kappa shape index (κ2) is 7.14. The number of hydrogen-bond donors (Lipinski definition) is 2. The van der Waals surface area contributed by atoms with Gasteiger partial charge >= 0.3 is 0 Å². The van der Waals surface area contributed by atoms with Crippen LogP contribution < -0.4 is 15.8 Å². The highest BCUT2D eigenvalue weighted by molar-refractivity contribution is 5.86. The third-order valence-electron chi connectivity index (χ3n) is 4.26. The van der Waals surface area contributed by atoms with E-state index in [1.807, 2.05) is 31.2 Å². The summed E-state index contributed by atoms with van der Waals surface area (Å²) in [6, 6.07) is 7.85. The highest BCUT2D eigenvalue weighted by atomic mass is 16.5. The molecule has 122 valence electrons. The molecule has 2 rings (SSSR count). The van der Waals surface area contributed by atoms with Gasteiger partial charge in [0.1, 0.15) is 5.75 Å². The number of amides is 1. The first-order chi connectivity index (χ1) is 10.4. The van der Waals surface area contributed by atoms with Gasteiger partial charge < -0.3 is 15.8 Å². The van der Waals surface area contributed by atoms with Gasteiger partial charge in [-0.1, -0.05) is 38.8 Å². The van der Waals surface area contributed by atoms with Gasteiger partial charge in [0, 0.05) is 0 Å². The number of ether oxygens (including phenoxy) is 1. The third-order valence-corrected chi connectivity index (χ3v) is 4.26. The standard InChI is InChI=1S/C18H28N2O2/c1-13(2)12-22-16-8-6-15(7-9-16)14(3)20-17(21)18(19)10-4-5-11-18/h6-9,13-14H,4-5,10-12,19H2,1-3H3,(H,20,21). The molecule has 0 radical (unpaired) electrons. The highest BCUT2D eigenvalue weighted by Crippen LogP contribution is 2.28. The van der Waals surface area contributed by atoms with Crippen LogP contribution in [0, 0.1) is 5.92 Å². The Morgan fingerprint density at radius 2 is 1.82 bits per heavy atom. The Balaban J connectivity index is 1.92. The third kappa shape index (κ3) is 4.23. The molecule has 22 heavy (non-hydrogen) atoms.